The van der Waals surface area contributed by atoms with Crippen LogP contribution in [-0.2, 0) is 7.05 Å². The molecule has 0 spiro atoms. The first-order valence-corrected chi connectivity index (χ1v) is 3.73. The second-order valence-electron chi connectivity index (χ2n) is 2.70. The average molecular weight is 176 g/mol. The van der Waals surface area contributed by atoms with Crippen molar-refractivity contribution in [2.45, 2.75) is 0 Å². The Kier molecular flexibility index (Phi) is 1.51. The zero-order valence-electron chi connectivity index (χ0n) is 7.14. The number of nitrogens with zero attached hydrogens (tertiary/aromatic N) is 4. The minimum absolute atomic E-state index is 0.0765. The number of aromatic nitrogens is 3. The van der Waals surface area contributed by atoms with Gasteiger partial charge in [0.1, 0.15) is 0 Å². The van der Waals surface area contributed by atoms with Crippen LogP contribution in [0.2, 0.25) is 0 Å². The first-order valence-electron chi connectivity index (χ1n) is 3.73. The molecule has 5 heteroatoms. The largest absolute Gasteiger partial charge is 0.302 e. The molecule has 0 saturated carbocycles. The van der Waals surface area contributed by atoms with Gasteiger partial charge in [0.25, 0.3) is 5.56 Å². The van der Waals surface area contributed by atoms with Crippen LogP contribution in [0, 0.1) is 0 Å². The highest BCUT2D eigenvalue weighted by Crippen LogP contribution is 2.06. The van der Waals surface area contributed by atoms with Crippen LogP contribution in [0.4, 0.5) is 0 Å². The molecule has 13 heavy (non-hydrogen) atoms. The van der Waals surface area contributed by atoms with Crippen molar-refractivity contribution < 1.29 is 0 Å². The molecule has 0 bridgehead atoms. The highest BCUT2D eigenvalue weighted by Gasteiger charge is 2.04. The van der Waals surface area contributed by atoms with Gasteiger partial charge in [0.2, 0.25) is 0 Å². The fourth-order valence-corrected chi connectivity index (χ4v) is 1.21. The number of fused-ring (bicyclic) bond motifs is 1. The van der Waals surface area contributed by atoms with Crippen LogP contribution < -0.4 is 5.56 Å². The van der Waals surface area contributed by atoms with Crippen LogP contribution >= 0.6 is 0 Å². The average Bonchev–Trinajstić information content (AvgIpc) is 2.55. The second kappa shape index (κ2) is 2.55. The van der Waals surface area contributed by atoms with E-state index in [0.29, 0.717) is 11.0 Å². The summed E-state index contributed by atoms with van der Waals surface area (Å²) in [6.07, 6.45) is 3.12. The summed E-state index contributed by atoms with van der Waals surface area (Å²) in [5.41, 5.74) is 0.463. The summed E-state index contributed by atoms with van der Waals surface area (Å²) < 4.78 is 2.90. The Morgan fingerprint density at radius 2 is 2.38 bits per heavy atom. The van der Waals surface area contributed by atoms with Gasteiger partial charge in [0.05, 0.1) is 11.7 Å². The van der Waals surface area contributed by atoms with Crippen molar-refractivity contribution in [3.05, 3.63) is 28.9 Å². The van der Waals surface area contributed by atoms with Gasteiger partial charge in [0.15, 0.2) is 5.65 Å². The smallest absolute Gasteiger partial charge is 0.262 e. The molecule has 5 nitrogen and oxygen atoms in total. The molecule has 0 aliphatic heterocycles. The molecule has 0 amide bonds. The van der Waals surface area contributed by atoms with E-state index in [1.165, 1.54) is 15.6 Å². The third-order valence-electron chi connectivity index (χ3n) is 1.90. The molecule has 0 atom stereocenters. The highest BCUT2D eigenvalue weighted by molar-refractivity contribution is 5.74. The Labute approximate surface area is 73.9 Å². The van der Waals surface area contributed by atoms with Crippen molar-refractivity contribution in [1.29, 1.82) is 0 Å². The van der Waals surface area contributed by atoms with Gasteiger partial charge in [0, 0.05) is 20.0 Å². The van der Waals surface area contributed by atoms with E-state index in [1.807, 2.05) is 0 Å². The van der Waals surface area contributed by atoms with Crippen LogP contribution in [0.1, 0.15) is 0 Å². The van der Waals surface area contributed by atoms with E-state index in [0.717, 1.165) is 0 Å². The van der Waals surface area contributed by atoms with Gasteiger partial charge in [-0.1, -0.05) is 0 Å². The van der Waals surface area contributed by atoms with Gasteiger partial charge in [-0.05, 0) is 6.07 Å². The van der Waals surface area contributed by atoms with E-state index in [9.17, 15) is 4.79 Å². The maximum Gasteiger partial charge on any atom is 0.262 e. The van der Waals surface area contributed by atoms with Gasteiger partial charge in [-0.2, -0.15) is 5.10 Å². The molecule has 0 aromatic carbocycles. The summed E-state index contributed by atoms with van der Waals surface area (Å²) in [5.74, 6) is 0. The zero-order valence-corrected chi connectivity index (χ0v) is 7.14. The topological polar surface area (TPSA) is 52.2 Å². The molecule has 0 aliphatic rings. The number of hydrogen-bond donors (Lipinski definition) is 0. The first kappa shape index (κ1) is 7.72. The Bertz CT molecular complexity index is 522. The quantitative estimate of drug-likeness (QED) is 0.583. The standard InChI is InChI=1S/C8H8N4O/c1-9-12-4-3-6-7(12)10-5-11(2)8(6)13/h3-5H,1H2,2H3. The minimum Gasteiger partial charge on any atom is -0.302 e. The van der Waals surface area contributed by atoms with Crippen molar-refractivity contribution in [2.75, 3.05) is 0 Å². The summed E-state index contributed by atoms with van der Waals surface area (Å²) in [5, 5.41) is 4.24. The Morgan fingerprint density at radius 3 is 3.08 bits per heavy atom. The maximum atomic E-state index is 11.5. The van der Waals surface area contributed by atoms with Crippen LogP contribution in [0.5, 0.6) is 0 Å². The molecular weight excluding hydrogens is 168 g/mol. The molecule has 0 aliphatic carbocycles. The molecule has 0 fully saturated rings. The van der Waals surface area contributed by atoms with Gasteiger partial charge in [-0.25, -0.2) is 9.66 Å². The first-order chi connectivity index (χ1) is 6.24. The molecule has 2 rings (SSSR count). The predicted molar refractivity (Wildman–Crippen MR) is 49.9 cm³/mol. The fraction of sp³-hybridized carbons (Fsp3) is 0.125. The molecule has 2 heterocycles. The molecule has 2 aromatic rings. The van der Waals surface area contributed by atoms with Crippen molar-refractivity contribution in [2.24, 2.45) is 12.1 Å². The van der Waals surface area contributed by atoms with Gasteiger partial charge >= 0.3 is 0 Å². The summed E-state index contributed by atoms with van der Waals surface area (Å²) >= 11 is 0. The fourth-order valence-electron chi connectivity index (χ4n) is 1.21. The van der Waals surface area contributed by atoms with E-state index in [4.69, 9.17) is 0 Å². The second-order valence-corrected chi connectivity index (χ2v) is 2.70. The van der Waals surface area contributed by atoms with Crippen molar-refractivity contribution in [1.82, 2.24) is 14.2 Å². The third-order valence-corrected chi connectivity index (χ3v) is 1.90. The lowest BCUT2D eigenvalue weighted by atomic mass is 10.4. The normalized spacial score (nSPS) is 10.5. The SMILES string of the molecule is C=Nn1ccc2c(=O)n(C)cnc21. The molecule has 0 unspecified atom stereocenters. The van der Waals surface area contributed by atoms with Gasteiger partial charge < -0.3 is 4.57 Å². The van der Waals surface area contributed by atoms with Crippen LogP contribution in [0.3, 0.4) is 0 Å². The molecule has 0 N–H and O–H groups in total. The maximum absolute atomic E-state index is 11.5. The molecular formula is C8H8N4O. The minimum atomic E-state index is -0.0765. The van der Waals surface area contributed by atoms with E-state index in [1.54, 1.807) is 19.3 Å². The lowest BCUT2D eigenvalue weighted by Gasteiger charge is -1.96. The molecule has 0 saturated heterocycles. The zero-order chi connectivity index (χ0) is 9.42. The van der Waals surface area contributed by atoms with Crippen molar-refractivity contribution >= 4 is 17.8 Å². The highest BCUT2D eigenvalue weighted by atomic mass is 16.1. The number of rotatable bonds is 1. The summed E-state index contributed by atoms with van der Waals surface area (Å²) in [4.78, 5) is 15.6. The summed E-state index contributed by atoms with van der Waals surface area (Å²) in [7, 11) is 1.66. The van der Waals surface area contributed by atoms with Gasteiger partial charge in [-0.3, -0.25) is 4.79 Å². The molecule has 2 aromatic heterocycles. The monoisotopic (exact) mass is 176 g/mol. The molecule has 0 radical (unpaired) electrons. The summed E-state index contributed by atoms with van der Waals surface area (Å²) in [6.45, 7) is 3.37. The summed E-state index contributed by atoms with van der Waals surface area (Å²) in [6, 6.07) is 1.68. The Hall–Kier alpha value is -1.91. The van der Waals surface area contributed by atoms with Gasteiger partial charge in [-0.15, -0.1) is 0 Å². The van der Waals surface area contributed by atoms with Crippen LogP contribution in [0.15, 0.2) is 28.5 Å². The van der Waals surface area contributed by atoms with Crippen LogP contribution in [-0.4, -0.2) is 20.9 Å². The predicted octanol–water partition coefficient (Wildman–Crippen LogP) is 0.199. The lowest BCUT2D eigenvalue weighted by molar-refractivity contribution is 0.829. The van der Waals surface area contributed by atoms with Crippen molar-refractivity contribution in [3.63, 3.8) is 0 Å². The van der Waals surface area contributed by atoms with E-state index >= 15 is 0 Å². The number of hydrogen-bond acceptors (Lipinski definition) is 3. The van der Waals surface area contributed by atoms with E-state index in [-0.39, 0.29) is 5.56 Å². The van der Waals surface area contributed by atoms with Crippen LogP contribution in [0.25, 0.3) is 11.0 Å². The number of aryl methyl sites for hydroxylation is 1. The van der Waals surface area contributed by atoms with Crippen molar-refractivity contribution in [3.8, 4) is 0 Å². The lowest BCUT2D eigenvalue weighted by Crippen LogP contribution is -2.16. The Morgan fingerprint density at radius 1 is 1.62 bits per heavy atom. The van der Waals surface area contributed by atoms with E-state index in [2.05, 4.69) is 16.8 Å². The Balaban J connectivity index is 2.97. The molecule has 66 valence electrons. The van der Waals surface area contributed by atoms with E-state index < -0.39 is 0 Å². The third kappa shape index (κ3) is 0.970.